The number of hydrogen-bond donors (Lipinski definition) is 1. The minimum Gasteiger partial charge on any atom is -0.353 e. The molecule has 1 aliphatic heterocycles. The van der Waals surface area contributed by atoms with E-state index in [1.54, 1.807) is 41.3 Å². The quantitative estimate of drug-likeness (QED) is 0.472. The molecule has 0 saturated carbocycles. The average Bonchev–Trinajstić information content (AvgIpc) is 2.88. The molecule has 8 nitrogen and oxygen atoms in total. The van der Waals surface area contributed by atoms with Gasteiger partial charge >= 0.3 is 11.9 Å². The van der Waals surface area contributed by atoms with Crippen molar-refractivity contribution in [3.05, 3.63) is 98.8 Å². The Labute approximate surface area is 202 Å². The van der Waals surface area contributed by atoms with E-state index in [1.807, 2.05) is 4.90 Å². The van der Waals surface area contributed by atoms with Crippen LogP contribution in [0.4, 0.5) is 19.0 Å². The molecule has 184 valence electrons. The Morgan fingerprint density at radius 1 is 0.917 bits per heavy atom. The molecular formula is C25H20F3N5O3. The lowest BCUT2D eigenvalue weighted by atomic mass is 10.1. The Hall–Kier alpha value is -4.41. The first-order valence-corrected chi connectivity index (χ1v) is 11.1. The molecule has 1 aliphatic rings. The summed E-state index contributed by atoms with van der Waals surface area (Å²) in [5.41, 5.74) is -0.902. The standard InChI is InChI=1S/C25H20F3N5O3/c26-25(27,28)17-7-9-21(29-15-17)31-10-12-32(13-11-31)22(34)16-6-8-19-20(14-16)30-24(36)33(23(19)35)18-4-2-1-3-5-18/h1-9,14-15H,10-13H2,(H,30,36). The predicted octanol–water partition coefficient (Wildman–Crippen LogP) is 3.06. The highest BCUT2D eigenvalue weighted by molar-refractivity contribution is 5.97. The molecule has 0 atom stereocenters. The summed E-state index contributed by atoms with van der Waals surface area (Å²) in [6.07, 6.45) is -3.65. The first-order valence-electron chi connectivity index (χ1n) is 11.1. The van der Waals surface area contributed by atoms with Crippen LogP contribution in [0.25, 0.3) is 16.6 Å². The van der Waals surface area contributed by atoms with Gasteiger partial charge < -0.3 is 14.8 Å². The van der Waals surface area contributed by atoms with Crippen LogP contribution in [0.15, 0.2) is 76.4 Å². The van der Waals surface area contributed by atoms with Crippen molar-refractivity contribution in [3.8, 4) is 5.69 Å². The molecular weight excluding hydrogens is 475 g/mol. The van der Waals surface area contributed by atoms with Gasteiger partial charge in [-0.25, -0.2) is 14.3 Å². The third-order valence-electron chi connectivity index (χ3n) is 6.13. The smallest absolute Gasteiger partial charge is 0.353 e. The Bertz CT molecular complexity index is 1540. The zero-order chi connectivity index (χ0) is 25.4. The number of amides is 1. The molecule has 0 spiro atoms. The number of benzene rings is 2. The summed E-state index contributed by atoms with van der Waals surface area (Å²) in [5, 5.41) is 0.271. The van der Waals surface area contributed by atoms with Gasteiger partial charge in [0.1, 0.15) is 5.82 Å². The number of alkyl halides is 3. The van der Waals surface area contributed by atoms with E-state index in [1.165, 1.54) is 18.2 Å². The topological polar surface area (TPSA) is 91.3 Å². The van der Waals surface area contributed by atoms with Gasteiger partial charge in [-0.1, -0.05) is 18.2 Å². The van der Waals surface area contributed by atoms with Crippen LogP contribution in [0.5, 0.6) is 0 Å². The highest BCUT2D eigenvalue weighted by atomic mass is 19.4. The second-order valence-electron chi connectivity index (χ2n) is 8.35. The van der Waals surface area contributed by atoms with Crippen molar-refractivity contribution >= 4 is 22.6 Å². The van der Waals surface area contributed by atoms with Crippen molar-refractivity contribution in [1.29, 1.82) is 0 Å². The van der Waals surface area contributed by atoms with Gasteiger partial charge in [-0.15, -0.1) is 0 Å². The van der Waals surface area contributed by atoms with Crippen LogP contribution in [0.2, 0.25) is 0 Å². The molecule has 36 heavy (non-hydrogen) atoms. The highest BCUT2D eigenvalue weighted by Gasteiger charge is 2.31. The monoisotopic (exact) mass is 495 g/mol. The molecule has 0 radical (unpaired) electrons. The van der Waals surface area contributed by atoms with Crippen molar-refractivity contribution in [3.63, 3.8) is 0 Å². The predicted molar refractivity (Wildman–Crippen MR) is 128 cm³/mol. The maximum absolute atomic E-state index is 13.1. The number of carbonyl (C=O) groups is 1. The number of para-hydroxylation sites is 1. The number of piperazine rings is 1. The number of pyridine rings is 1. The molecule has 3 heterocycles. The van der Waals surface area contributed by atoms with Crippen LogP contribution in [0, 0.1) is 0 Å². The Morgan fingerprint density at radius 2 is 1.64 bits per heavy atom. The highest BCUT2D eigenvalue weighted by Crippen LogP contribution is 2.29. The van der Waals surface area contributed by atoms with Crippen LogP contribution in [0.1, 0.15) is 15.9 Å². The summed E-state index contributed by atoms with van der Waals surface area (Å²) < 4.78 is 39.3. The molecule has 1 amide bonds. The average molecular weight is 495 g/mol. The maximum Gasteiger partial charge on any atom is 0.417 e. The summed E-state index contributed by atoms with van der Waals surface area (Å²) in [6.45, 7) is 1.48. The second-order valence-corrected chi connectivity index (χ2v) is 8.35. The number of nitrogens with one attached hydrogen (secondary N) is 1. The van der Waals surface area contributed by atoms with Gasteiger partial charge in [0.15, 0.2) is 0 Å². The fraction of sp³-hybridized carbons (Fsp3) is 0.200. The number of hydrogen-bond acceptors (Lipinski definition) is 5. The van der Waals surface area contributed by atoms with E-state index in [0.717, 1.165) is 16.8 Å². The van der Waals surface area contributed by atoms with E-state index in [9.17, 15) is 27.6 Å². The number of aromatic amines is 1. The summed E-state index contributed by atoms with van der Waals surface area (Å²) in [5.74, 6) is 0.137. The molecule has 5 rings (SSSR count). The third-order valence-corrected chi connectivity index (χ3v) is 6.13. The maximum atomic E-state index is 13.1. The minimum atomic E-state index is -4.45. The molecule has 0 bridgehead atoms. The van der Waals surface area contributed by atoms with E-state index in [4.69, 9.17) is 0 Å². The van der Waals surface area contributed by atoms with Gasteiger partial charge in [-0.2, -0.15) is 13.2 Å². The number of anilines is 1. The lowest BCUT2D eigenvalue weighted by Crippen LogP contribution is -2.49. The van der Waals surface area contributed by atoms with Crippen molar-refractivity contribution in [1.82, 2.24) is 19.4 Å². The summed E-state index contributed by atoms with van der Waals surface area (Å²) in [7, 11) is 0. The van der Waals surface area contributed by atoms with Crippen molar-refractivity contribution < 1.29 is 18.0 Å². The third kappa shape index (κ3) is 4.35. The number of aromatic nitrogens is 3. The van der Waals surface area contributed by atoms with E-state index in [-0.39, 0.29) is 16.8 Å². The molecule has 2 aromatic carbocycles. The Morgan fingerprint density at radius 3 is 2.28 bits per heavy atom. The molecule has 0 unspecified atom stereocenters. The molecule has 1 N–H and O–H groups in total. The van der Waals surface area contributed by atoms with Gasteiger partial charge in [-0.3, -0.25) is 9.59 Å². The number of rotatable bonds is 3. The van der Waals surface area contributed by atoms with Crippen LogP contribution in [-0.4, -0.2) is 51.5 Å². The SMILES string of the molecule is O=C(c1ccc2c(=O)n(-c3ccccc3)c(=O)[nH]c2c1)N1CCN(c2ccc(C(F)(F)F)cn2)CC1. The van der Waals surface area contributed by atoms with Gasteiger partial charge in [0.25, 0.3) is 11.5 Å². The molecule has 1 fully saturated rings. The van der Waals surface area contributed by atoms with Crippen LogP contribution in [0.3, 0.4) is 0 Å². The van der Waals surface area contributed by atoms with Crippen LogP contribution < -0.4 is 16.1 Å². The largest absolute Gasteiger partial charge is 0.417 e. The second kappa shape index (κ2) is 8.99. The Balaban J connectivity index is 1.33. The van der Waals surface area contributed by atoms with Crippen molar-refractivity contribution in [2.45, 2.75) is 6.18 Å². The molecule has 1 saturated heterocycles. The molecule has 2 aromatic heterocycles. The first-order chi connectivity index (χ1) is 17.2. The van der Waals surface area contributed by atoms with Gasteiger partial charge in [0, 0.05) is 37.9 Å². The zero-order valence-electron chi connectivity index (χ0n) is 18.8. The summed E-state index contributed by atoms with van der Waals surface area (Å²) in [4.78, 5) is 48.7. The van der Waals surface area contributed by atoms with Gasteiger partial charge in [0.2, 0.25) is 0 Å². The van der Waals surface area contributed by atoms with E-state index < -0.39 is 23.0 Å². The summed E-state index contributed by atoms with van der Waals surface area (Å²) >= 11 is 0. The fourth-order valence-corrected chi connectivity index (χ4v) is 4.22. The van der Waals surface area contributed by atoms with Crippen molar-refractivity contribution in [2.24, 2.45) is 0 Å². The zero-order valence-corrected chi connectivity index (χ0v) is 18.8. The van der Waals surface area contributed by atoms with Gasteiger partial charge in [-0.05, 0) is 42.5 Å². The number of fused-ring (bicyclic) bond motifs is 1. The molecule has 0 aliphatic carbocycles. The molecule has 11 heteroatoms. The number of nitrogens with zero attached hydrogens (tertiary/aromatic N) is 4. The minimum absolute atomic E-state index is 0.260. The van der Waals surface area contributed by atoms with E-state index in [2.05, 4.69) is 9.97 Å². The lowest BCUT2D eigenvalue weighted by molar-refractivity contribution is -0.137. The lowest BCUT2D eigenvalue weighted by Gasteiger charge is -2.35. The Kier molecular flexibility index (Phi) is 5.83. The summed E-state index contributed by atoms with van der Waals surface area (Å²) in [6, 6.07) is 15.4. The number of carbonyl (C=O) groups excluding carboxylic acids is 1. The van der Waals surface area contributed by atoms with Gasteiger partial charge in [0.05, 0.1) is 22.2 Å². The number of H-pyrrole nitrogens is 1. The van der Waals surface area contributed by atoms with E-state index in [0.29, 0.717) is 43.2 Å². The molecule has 4 aromatic rings. The first kappa shape index (κ1) is 23.3. The normalized spacial score (nSPS) is 14.3. The van der Waals surface area contributed by atoms with Crippen molar-refractivity contribution in [2.75, 3.05) is 31.1 Å². The van der Waals surface area contributed by atoms with E-state index >= 15 is 0 Å². The van der Waals surface area contributed by atoms with Crippen LogP contribution in [-0.2, 0) is 6.18 Å². The fourth-order valence-electron chi connectivity index (χ4n) is 4.22. The van der Waals surface area contributed by atoms with Crippen LogP contribution >= 0.6 is 0 Å². The number of halogens is 3.